The molecular weight excluding hydrogens is 270 g/mol. The zero-order chi connectivity index (χ0) is 14.7. The van der Waals surface area contributed by atoms with Crippen LogP contribution in [0.15, 0.2) is 12.4 Å². The van der Waals surface area contributed by atoms with Gasteiger partial charge < -0.3 is 19.5 Å². The molecule has 7 heteroatoms. The van der Waals surface area contributed by atoms with E-state index in [1.54, 1.807) is 0 Å². The number of morpholine rings is 1. The van der Waals surface area contributed by atoms with Crippen molar-refractivity contribution in [3.8, 4) is 0 Å². The maximum atomic E-state index is 12.4. The van der Waals surface area contributed by atoms with Crippen LogP contribution in [0, 0.1) is 0 Å². The number of aromatic nitrogens is 2. The minimum atomic E-state index is 0.156. The van der Waals surface area contributed by atoms with Crippen LogP contribution in [0.4, 0.5) is 0 Å². The van der Waals surface area contributed by atoms with Gasteiger partial charge in [-0.3, -0.25) is 9.69 Å². The summed E-state index contributed by atoms with van der Waals surface area (Å²) in [6.07, 6.45) is 3.76. The first-order valence-corrected chi connectivity index (χ1v) is 7.53. The zero-order valence-electron chi connectivity index (χ0n) is 12.5. The minimum Gasteiger partial charge on any atom is -0.378 e. The normalized spacial score (nSPS) is 24.2. The van der Waals surface area contributed by atoms with Crippen molar-refractivity contribution >= 4 is 5.91 Å². The van der Waals surface area contributed by atoms with Crippen molar-refractivity contribution < 1.29 is 9.53 Å². The molecule has 0 radical (unpaired) electrons. The summed E-state index contributed by atoms with van der Waals surface area (Å²) in [6.45, 7) is 5.79. The van der Waals surface area contributed by atoms with Gasteiger partial charge in [-0.2, -0.15) is 0 Å². The SMILES string of the molecule is Cn1ccnc1C1CNCCN1CC(=O)N1CCOCC1. The van der Waals surface area contributed by atoms with Crippen LogP contribution in [0.1, 0.15) is 11.9 Å². The number of aryl methyl sites for hydroxylation is 1. The molecule has 3 rings (SSSR count). The molecule has 0 saturated carbocycles. The van der Waals surface area contributed by atoms with Crippen molar-refractivity contribution in [3.05, 3.63) is 18.2 Å². The predicted molar refractivity (Wildman–Crippen MR) is 77.8 cm³/mol. The monoisotopic (exact) mass is 293 g/mol. The molecule has 0 bridgehead atoms. The average Bonchev–Trinajstić information content (AvgIpc) is 2.95. The van der Waals surface area contributed by atoms with Crippen molar-refractivity contribution in [3.63, 3.8) is 0 Å². The average molecular weight is 293 g/mol. The number of ether oxygens (including phenoxy) is 1. The lowest BCUT2D eigenvalue weighted by Crippen LogP contribution is -2.52. The second kappa shape index (κ2) is 6.55. The molecule has 1 aromatic rings. The van der Waals surface area contributed by atoms with Gasteiger partial charge in [0.15, 0.2) is 0 Å². The number of carbonyl (C=O) groups excluding carboxylic acids is 1. The van der Waals surface area contributed by atoms with E-state index in [1.807, 2.05) is 28.9 Å². The number of piperazine rings is 1. The molecule has 2 aliphatic rings. The summed E-state index contributed by atoms with van der Waals surface area (Å²) < 4.78 is 7.34. The van der Waals surface area contributed by atoms with E-state index in [4.69, 9.17) is 4.74 Å². The molecule has 1 amide bonds. The van der Waals surface area contributed by atoms with Gasteiger partial charge in [0.2, 0.25) is 5.91 Å². The smallest absolute Gasteiger partial charge is 0.236 e. The fourth-order valence-electron chi connectivity index (χ4n) is 2.97. The molecule has 21 heavy (non-hydrogen) atoms. The quantitative estimate of drug-likeness (QED) is 0.792. The Morgan fingerprint density at radius 1 is 1.43 bits per heavy atom. The highest BCUT2D eigenvalue weighted by Crippen LogP contribution is 2.20. The van der Waals surface area contributed by atoms with E-state index in [0.717, 1.165) is 25.5 Å². The lowest BCUT2D eigenvalue weighted by atomic mass is 10.1. The molecule has 1 aromatic heterocycles. The highest BCUT2D eigenvalue weighted by Gasteiger charge is 2.29. The fourth-order valence-corrected chi connectivity index (χ4v) is 2.97. The first-order valence-electron chi connectivity index (χ1n) is 7.53. The molecule has 2 saturated heterocycles. The third kappa shape index (κ3) is 3.25. The van der Waals surface area contributed by atoms with Gasteiger partial charge in [0, 0.05) is 52.2 Å². The third-order valence-corrected chi connectivity index (χ3v) is 4.21. The zero-order valence-corrected chi connectivity index (χ0v) is 12.5. The second-order valence-electron chi connectivity index (χ2n) is 5.58. The van der Waals surface area contributed by atoms with Gasteiger partial charge in [-0.05, 0) is 0 Å². The number of nitrogens with one attached hydrogen (secondary N) is 1. The van der Waals surface area contributed by atoms with Crippen molar-refractivity contribution in [2.24, 2.45) is 7.05 Å². The van der Waals surface area contributed by atoms with Crippen LogP contribution in [-0.4, -0.2) is 77.7 Å². The summed E-state index contributed by atoms with van der Waals surface area (Å²) in [5.74, 6) is 1.20. The first kappa shape index (κ1) is 14.5. The minimum absolute atomic E-state index is 0.156. The van der Waals surface area contributed by atoms with Crippen molar-refractivity contribution in [1.29, 1.82) is 0 Å². The van der Waals surface area contributed by atoms with Crippen LogP contribution < -0.4 is 5.32 Å². The molecule has 2 aliphatic heterocycles. The topological polar surface area (TPSA) is 62.6 Å². The maximum Gasteiger partial charge on any atom is 0.236 e. The highest BCUT2D eigenvalue weighted by molar-refractivity contribution is 5.78. The summed E-state index contributed by atoms with van der Waals surface area (Å²) in [5.41, 5.74) is 0. The van der Waals surface area contributed by atoms with E-state index in [1.165, 1.54) is 0 Å². The molecule has 7 nitrogen and oxygen atoms in total. The van der Waals surface area contributed by atoms with Gasteiger partial charge in [-0.15, -0.1) is 0 Å². The van der Waals surface area contributed by atoms with E-state index in [-0.39, 0.29) is 11.9 Å². The number of hydrogen-bond donors (Lipinski definition) is 1. The molecule has 0 spiro atoms. The molecule has 3 heterocycles. The summed E-state index contributed by atoms with van der Waals surface area (Å²) in [4.78, 5) is 21.0. The van der Waals surface area contributed by atoms with Gasteiger partial charge in [0.1, 0.15) is 5.82 Å². The Morgan fingerprint density at radius 2 is 2.24 bits per heavy atom. The van der Waals surface area contributed by atoms with E-state index in [0.29, 0.717) is 32.8 Å². The summed E-state index contributed by atoms with van der Waals surface area (Å²) in [7, 11) is 2.00. The first-order chi connectivity index (χ1) is 10.3. The summed E-state index contributed by atoms with van der Waals surface area (Å²) in [5, 5.41) is 3.39. The molecule has 116 valence electrons. The number of hydrogen-bond acceptors (Lipinski definition) is 5. The van der Waals surface area contributed by atoms with Crippen LogP contribution in [0.5, 0.6) is 0 Å². The number of amides is 1. The second-order valence-corrected chi connectivity index (χ2v) is 5.58. The lowest BCUT2D eigenvalue weighted by Gasteiger charge is -2.37. The van der Waals surface area contributed by atoms with E-state index in [2.05, 4.69) is 15.2 Å². The fraction of sp³-hybridized carbons (Fsp3) is 0.714. The standard InChI is InChI=1S/C14H23N5O2/c1-17-4-3-16-14(17)12-10-15-2-5-19(12)11-13(20)18-6-8-21-9-7-18/h3-4,12,15H,2,5-11H2,1H3. The Kier molecular flexibility index (Phi) is 4.52. The molecule has 0 aliphatic carbocycles. The van der Waals surface area contributed by atoms with Crippen molar-refractivity contribution in [1.82, 2.24) is 24.7 Å². The van der Waals surface area contributed by atoms with Gasteiger partial charge >= 0.3 is 0 Å². The number of rotatable bonds is 3. The van der Waals surface area contributed by atoms with Gasteiger partial charge in [0.25, 0.3) is 0 Å². The van der Waals surface area contributed by atoms with Crippen LogP contribution in [-0.2, 0) is 16.6 Å². The third-order valence-electron chi connectivity index (χ3n) is 4.21. The van der Waals surface area contributed by atoms with Crippen LogP contribution in [0.2, 0.25) is 0 Å². The lowest BCUT2D eigenvalue weighted by molar-refractivity contribution is -0.137. The van der Waals surface area contributed by atoms with E-state index >= 15 is 0 Å². The summed E-state index contributed by atoms with van der Waals surface area (Å²) in [6, 6.07) is 0.156. The van der Waals surface area contributed by atoms with Gasteiger partial charge in [-0.25, -0.2) is 4.98 Å². The van der Waals surface area contributed by atoms with E-state index < -0.39 is 0 Å². The Labute approximate surface area is 124 Å². The molecule has 1 unspecified atom stereocenters. The molecule has 1 N–H and O–H groups in total. The Hall–Kier alpha value is -1.44. The van der Waals surface area contributed by atoms with Gasteiger partial charge in [0.05, 0.1) is 25.8 Å². The molecule has 2 fully saturated rings. The number of carbonyl (C=O) groups is 1. The molecule has 1 atom stereocenters. The number of imidazole rings is 1. The van der Waals surface area contributed by atoms with Crippen molar-refractivity contribution in [2.75, 3.05) is 52.5 Å². The number of nitrogens with zero attached hydrogens (tertiary/aromatic N) is 4. The Balaban J connectivity index is 1.67. The maximum absolute atomic E-state index is 12.4. The van der Waals surface area contributed by atoms with Crippen LogP contribution in [0.25, 0.3) is 0 Å². The van der Waals surface area contributed by atoms with Gasteiger partial charge in [-0.1, -0.05) is 0 Å². The van der Waals surface area contributed by atoms with Crippen LogP contribution in [0.3, 0.4) is 0 Å². The largest absolute Gasteiger partial charge is 0.378 e. The Morgan fingerprint density at radius 3 is 2.95 bits per heavy atom. The predicted octanol–water partition coefficient (Wildman–Crippen LogP) is -0.775. The Bertz CT molecular complexity index is 483. The highest BCUT2D eigenvalue weighted by atomic mass is 16.5. The van der Waals surface area contributed by atoms with Crippen molar-refractivity contribution in [2.45, 2.75) is 6.04 Å². The van der Waals surface area contributed by atoms with Crippen LogP contribution >= 0.6 is 0 Å². The summed E-state index contributed by atoms with van der Waals surface area (Å²) >= 11 is 0. The molecular formula is C14H23N5O2. The van der Waals surface area contributed by atoms with E-state index in [9.17, 15) is 4.79 Å². The molecule has 0 aromatic carbocycles.